The van der Waals surface area contributed by atoms with Gasteiger partial charge in [0.05, 0.1) is 0 Å². The number of ketones is 1. The molecule has 0 spiro atoms. The fraction of sp³-hybridized carbons (Fsp3) is 0.941. The molecule has 0 amide bonds. The first-order valence-electron chi connectivity index (χ1n) is 8.24. The van der Waals surface area contributed by atoms with E-state index in [0.717, 1.165) is 25.7 Å². The molecule has 0 aromatic heterocycles. The second-order valence-electron chi connectivity index (χ2n) is 7.02. The lowest BCUT2D eigenvalue weighted by Gasteiger charge is -2.32. The van der Waals surface area contributed by atoms with Gasteiger partial charge in [-0.2, -0.15) is 0 Å². The Morgan fingerprint density at radius 1 is 1.25 bits per heavy atom. The van der Waals surface area contributed by atoms with Gasteiger partial charge in [-0.1, -0.05) is 40.0 Å². The minimum absolute atomic E-state index is 0.0793. The number of unbranched alkanes of at least 4 members (excludes halogenated alkanes) is 2. The van der Waals surface area contributed by atoms with Crippen LogP contribution in [0.15, 0.2) is 0 Å². The molecule has 0 bridgehead atoms. The van der Waals surface area contributed by atoms with E-state index in [1.54, 1.807) is 0 Å². The van der Waals surface area contributed by atoms with Crippen molar-refractivity contribution >= 4 is 5.78 Å². The SMILES string of the molecule is CCCCCC1C(CC(=O)C(C)C)CCC1C(C)(O)O. The highest BCUT2D eigenvalue weighted by atomic mass is 16.5. The summed E-state index contributed by atoms with van der Waals surface area (Å²) in [6.07, 6.45) is 6.89. The van der Waals surface area contributed by atoms with Crippen LogP contribution in [0.3, 0.4) is 0 Å². The van der Waals surface area contributed by atoms with Crippen molar-refractivity contribution in [2.45, 2.75) is 78.4 Å². The molecule has 3 heteroatoms. The van der Waals surface area contributed by atoms with E-state index >= 15 is 0 Å². The van der Waals surface area contributed by atoms with Crippen LogP contribution in [0.2, 0.25) is 0 Å². The topological polar surface area (TPSA) is 57.5 Å². The van der Waals surface area contributed by atoms with Crippen molar-refractivity contribution in [1.82, 2.24) is 0 Å². The first kappa shape index (κ1) is 17.6. The molecule has 118 valence electrons. The van der Waals surface area contributed by atoms with Gasteiger partial charge in [-0.15, -0.1) is 0 Å². The lowest BCUT2D eigenvalue weighted by atomic mass is 9.78. The predicted octanol–water partition coefficient (Wildman–Crippen LogP) is 3.53. The average Bonchev–Trinajstić information content (AvgIpc) is 2.72. The van der Waals surface area contributed by atoms with Gasteiger partial charge < -0.3 is 10.2 Å². The lowest BCUT2D eigenvalue weighted by Crippen LogP contribution is -2.37. The van der Waals surface area contributed by atoms with Crippen LogP contribution in [-0.2, 0) is 4.79 Å². The van der Waals surface area contributed by atoms with Crippen molar-refractivity contribution in [3.63, 3.8) is 0 Å². The highest BCUT2D eigenvalue weighted by Crippen LogP contribution is 2.46. The molecule has 2 N–H and O–H groups in total. The third-order valence-electron chi connectivity index (χ3n) is 4.92. The lowest BCUT2D eigenvalue weighted by molar-refractivity contribution is -0.195. The van der Waals surface area contributed by atoms with Gasteiger partial charge in [0, 0.05) is 18.3 Å². The molecule has 0 radical (unpaired) electrons. The summed E-state index contributed by atoms with van der Waals surface area (Å²) < 4.78 is 0. The first-order chi connectivity index (χ1) is 9.27. The molecule has 3 atom stereocenters. The molecule has 1 rings (SSSR count). The molecule has 3 nitrogen and oxygen atoms in total. The van der Waals surface area contributed by atoms with Crippen molar-refractivity contribution in [3.05, 3.63) is 0 Å². The summed E-state index contributed by atoms with van der Waals surface area (Å²) in [4.78, 5) is 12.0. The zero-order chi connectivity index (χ0) is 15.3. The second-order valence-corrected chi connectivity index (χ2v) is 7.02. The van der Waals surface area contributed by atoms with Crippen LogP contribution in [0, 0.1) is 23.7 Å². The summed E-state index contributed by atoms with van der Waals surface area (Å²) in [5.41, 5.74) is 0. The van der Waals surface area contributed by atoms with Crippen LogP contribution in [0.4, 0.5) is 0 Å². The minimum Gasteiger partial charge on any atom is -0.366 e. The molecule has 0 saturated heterocycles. The first-order valence-corrected chi connectivity index (χ1v) is 8.24. The van der Waals surface area contributed by atoms with Crippen LogP contribution in [0.25, 0.3) is 0 Å². The summed E-state index contributed by atoms with van der Waals surface area (Å²) in [5, 5.41) is 20.0. The van der Waals surface area contributed by atoms with Gasteiger partial charge in [0.2, 0.25) is 0 Å². The van der Waals surface area contributed by atoms with Gasteiger partial charge in [0.15, 0.2) is 5.79 Å². The molecule has 3 unspecified atom stereocenters. The predicted molar refractivity (Wildman–Crippen MR) is 81.2 cm³/mol. The van der Waals surface area contributed by atoms with Gasteiger partial charge >= 0.3 is 0 Å². The van der Waals surface area contributed by atoms with E-state index in [1.165, 1.54) is 19.8 Å². The Morgan fingerprint density at radius 2 is 1.90 bits per heavy atom. The van der Waals surface area contributed by atoms with E-state index in [1.807, 2.05) is 13.8 Å². The monoisotopic (exact) mass is 284 g/mol. The van der Waals surface area contributed by atoms with E-state index in [-0.39, 0.29) is 17.8 Å². The third kappa shape index (κ3) is 4.85. The van der Waals surface area contributed by atoms with E-state index in [0.29, 0.717) is 18.1 Å². The van der Waals surface area contributed by atoms with E-state index in [2.05, 4.69) is 6.92 Å². The molecule has 1 aliphatic carbocycles. The second kappa shape index (κ2) is 7.56. The number of rotatable bonds is 8. The summed E-state index contributed by atoms with van der Waals surface area (Å²) >= 11 is 0. The van der Waals surface area contributed by atoms with Crippen LogP contribution < -0.4 is 0 Å². The zero-order valence-corrected chi connectivity index (χ0v) is 13.6. The summed E-state index contributed by atoms with van der Waals surface area (Å²) in [5.74, 6) is -0.667. The van der Waals surface area contributed by atoms with Gasteiger partial charge in [-0.05, 0) is 38.0 Å². The van der Waals surface area contributed by atoms with Gasteiger partial charge in [-0.3, -0.25) is 4.79 Å². The largest absolute Gasteiger partial charge is 0.366 e. The van der Waals surface area contributed by atoms with Crippen molar-refractivity contribution in [2.75, 3.05) is 0 Å². The number of Topliss-reactive ketones (excluding diaryl/α,β-unsaturated/α-hetero) is 1. The molecule has 1 saturated carbocycles. The van der Waals surface area contributed by atoms with Crippen molar-refractivity contribution < 1.29 is 15.0 Å². The Hall–Kier alpha value is -0.410. The van der Waals surface area contributed by atoms with E-state index < -0.39 is 5.79 Å². The molecule has 1 aliphatic rings. The minimum atomic E-state index is -1.60. The number of aliphatic hydroxyl groups is 2. The molecule has 0 aliphatic heterocycles. The van der Waals surface area contributed by atoms with E-state index in [4.69, 9.17) is 0 Å². The third-order valence-corrected chi connectivity index (χ3v) is 4.92. The molecular weight excluding hydrogens is 252 g/mol. The van der Waals surface area contributed by atoms with Gasteiger partial charge in [0.25, 0.3) is 0 Å². The number of carbonyl (C=O) groups is 1. The molecule has 0 heterocycles. The summed E-state index contributed by atoms with van der Waals surface area (Å²) in [7, 11) is 0. The van der Waals surface area contributed by atoms with Crippen LogP contribution >= 0.6 is 0 Å². The number of carbonyl (C=O) groups excluding carboxylic acids is 1. The standard InChI is InChI=1S/C17H32O3/c1-5-6-7-8-14-13(11-16(18)12(2)3)9-10-15(14)17(4,19)20/h12-15,19-20H,5-11H2,1-4H3. The maximum atomic E-state index is 12.0. The smallest absolute Gasteiger partial charge is 0.162 e. The molecular formula is C17H32O3. The van der Waals surface area contributed by atoms with Crippen molar-refractivity contribution in [2.24, 2.45) is 23.7 Å². The zero-order valence-electron chi connectivity index (χ0n) is 13.6. The Kier molecular flexibility index (Phi) is 6.67. The van der Waals surface area contributed by atoms with Crippen LogP contribution in [0.5, 0.6) is 0 Å². The Bertz CT molecular complexity index is 304. The fourth-order valence-electron chi connectivity index (χ4n) is 3.64. The summed E-state index contributed by atoms with van der Waals surface area (Å²) in [6, 6.07) is 0. The number of hydrogen-bond acceptors (Lipinski definition) is 3. The van der Waals surface area contributed by atoms with Gasteiger partial charge in [0.1, 0.15) is 5.78 Å². The van der Waals surface area contributed by atoms with Gasteiger partial charge in [-0.25, -0.2) is 0 Å². The maximum Gasteiger partial charge on any atom is 0.162 e. The normalized spacial score (nSPS) is 27.2. The molecule has 0 aromatic rings. The Labute approximate surface area is 123 Å². The van der Waals surface area contributed by atoms with Crippen LogP contribution in [0.1, 0.15) is 72.6 Å². The Balaban J connectivity index is 2.70. The van der Waals surface area contributed by atoms with Crippen LogP contribution in [-0.4, -0.2) is 21.8 Å². The highest BCUT2D eigenvalue weighted by Gasteiger charge is 2.44. The Morgan fingerprint density at radius 3 is 2.40 bits per heavy atom. The van der Waals surface area contributed by atoms with E-state index in [9.17, 15) is 15.0 Å². The quantitative estimate of drug-likeness (QED) is 0.529. The van der Waals surface area contributed by atoms with Crippen molar-refractivity contribution in [3.8, 4) is 0 Å². The fourth-order valence-corrected chi connectivity index (χ4v) is 3.64. The molecule has 1 fully saturated rings. The number of hydrogen-bond donors (Lipinski definition) is 2. The molecule has 0 aromatic carbocycles. The summed E-state index contributed by atoms with van der Waals surface area (Å²) in [6.45, 7) is 7.57. The highest BCUT2D eigenvalue weighted by molar-refractivity contribution is 5.80. The van der Waals surface area contributed by atoms with Crippen molar-refractivity contribution in [1.29, 1.82) is 0 Å². The maximum absolute atomic E-state index is 12.0. The molecule has 20 heavy (non-hydrogen) atoms. The average molecular weight is 284 g/mol.